The Morgan fingerprint density at radius 1 is 1.37 bits per heavy atom. The second-order valence-corrected chi connectivity index (χ2v) is 5.84. The summed E-state index contributed by atoms with van der Waals surface area (Å²) in [6.45, 7) is 3.05. The fraction of sp³-hybridized carbons (Fsp3) is 0.375. The lowest BCUT2D eigenvalue weighted by atomic mass is 9.93. The van der Waals surface area contributed by atoms with Gasteiger partial charge < -0.3 is 10.3 Å². The zero-order chi connectivity index (χ0) is 13.4. The van der Waals surface area contributed by atoms with Crippen molar-refractivity contribution < 1.29 is 0 Å². The van der Waals surface area contributed by atoms with Gasteiger partial charge >= 0.3 is 0 Å². The van der Waals surface area contributed by atoms with Crippen molar-refractivity contribution in [2.75, 3.05) is 0 Å². The molecule has 0 radical (unpaired) electrons. The van der Waals surface area contributed by atoms with Crippen molar-refractivity contribution in [3.05, 3.63) is 57.9 Å². The maximum Gasteiger partial charge on any atom is 0.0476 e. The van der Waals surface area contributed by atoms with E-state index in [1.807, 2.05) is 18.2 Å². The van der Waals surface area contributed by atoms with Gasteiger partial charge in [0.25, 0.3) is 0 Å². The molecule has 1 aliphatic rings. The number of fused-ring (bicyclic) bond motifs is 1. The van der Waals surface area contributed by atoms with Crippen LogP contribution in [0.25, 0.3) is 0 Å². The SMILES string of the molecule is Cc1cc2c(n1Cc1cccc(Cl)c1)CCCC2N. The number of hydrogen-bond acceptors (Lipinski definition) is 1. The third-order valence-corrected chi connectivity index (χ3v) is 4.24. The van der Waals surface area contributed by atoms with Gasteiger partial charge in [0.05, 0.1) is 0 Å². The van der Waals surface area contributed by atoms with Gasteiger partial charge in [-0.15, -0.1) is 0 Å². The molecule has 0 saturated heterocycles. The molecule has 0 spiro atoms. The molecule has 2 aromatic rings. The smallest absolute Gasteiger partial charge is 0.0476 e. The second kappa shape index (κ2) is 5.03. The van der Waals surface area contributed by atoms with E-state index in [1.54, 1.807) is 0 Å². The molecule has 2 nitrogen and oxygen atoms in total. The molecule has 1 heterocycles. The standard InChI is InChI=1S/C16H19ClN2/c1-11-8-14-15(18)6-3-7-16(14)19(11)10-12-4-2-5-13(17)9-12/h2,4-5,8-9,15H,3,6-7,10,18H2,1H3. The van der Waals surface area contributed by atoms with Gasteiger partial charge in [-0.05, 0) is 55.5 Å². The molecule has 1 atom stereocenters. The predicted octanol–water partition coefficient (Wildman–Crippen LogP) is 3.83. The Morgan fingerprint density at radius 2 is 2.21 bits per heavy atom. The highest BCUT2D eigenvalue weighted by molar-refractivity contribution is 6.30. The number of halogens is 1. The number of hydrogen-bond donors (Lipinski definition) is 1. The molecule has 0 aliphatic heterocycles. The molecule has 1 unspecified atom stereocenters. The summed E-state index contributed by atoms with van der Waals surface area (Å²) in [5.74, 6) is 0. The van der Waals surface area contributed by atoms with Gasteiger partial charge in [0, 0.05) is 29.0 Å². The quantitative estimate of drug-likeness (QED) is 0.886. The Bertz CT molecular complexity index is 601. The molecule has 3 rings (SSSR count). The third kappa shape index (κ3) is 2.43. The van der Waals surface area contributed by atoms with Crippen LogP contribution in [0.5, 0.6) is 0 Å². The Hall–Kier alpha value is -1.25. The minimum Gasteiger partial charge on any atom is -0.344 e. The van der Waals surface area contributed by atoms with Crippen molar-refractivity contribution in [1.82, 2.24) is 4.57 Å². The molecule has 0 fully saturated rings. The number of nitrogens with zero attached hydrogens (tertiary/aromatic N) is 1. The van der Waals surface area contributed by atoms with Gasteiger partial charge in [-0.25, -0.2) is 0 Å². The number of nitrogens with two attached hydrogens (primary N) is 1. The Kier molecular flexibility index (Phi) is 3.38. The molecule has 0 bridgehead atoms. The molecular formula is C16H19ClN2. The average Bonchev–Trinajstić information content (AvgIpc) is 2.69. The third-order valence-electron chi connectivity index (χ3n) is 4.01. The summed E-state index contributed by atoms with van der Waals surface area (Å²) in [4.78, 5) is 0. The summed E-state index contributed by atoms with van der Waals surface area (Å²) in [5.41, 5.74) is 11.5. The average molecular weight is 275 g/mol. The van der Waals surface area contributed by atoms with Crippen LogP contribution in [0.3, 0.4) is 0 Å². The minimum atomic E-state index is 0.211. The van der Waals surface area contributed by atoms with Crippen LogP contribution in [0, 0.1) is 6.92 Å². The van der Waals surface area contributed by atoms with E-state index in [2.05, 4.69) is 23.6 Å². The molecule has 1 aliphatic carbocycles. The molecule has 2 N–H and O–H groups in total. The van der Waals surface area contributed by atoms with Crippen molar-refractivity contribution in [3.63, 3.8) is 0 Å². The lowest BCUT2D eigenvalue weighted by Crippen LogP contribution is -2.18. The molecule has 100 valence electrons. The molecule has 3 heteroatoms. The molecule has 0 amide bonds. The molecule has 0 saturated carbocycles. The van der Waals surface area contributed by atoms with Crippen LogP contribution in [-0.4, -0.2) is 4.57 Å². The van der Waals surface area contributed by atoms with E-state index in [9.17, 15) is 0 Å². The predicted molar refractivity (Wildman–Crippen MR) is 79.6 cm³/mol. The molecule has 19 heavy (non-hydrogen) atoms. The van der Waals surface area contributed by atoms with E-state index in [1.165, 1.54) is 28.9 Å². The van der Waals surface area contributed by atoms with Crippen molar-refractivity contribution in [2.24, 2.45) is 5.73 Å². The minimum absolute atomic E-state index is 0.211. The summed E-state index contributed by atoms with van der Waals surface area (Å²) in [5, 5.41) is 0.799. The summed E-state index contributed by atoms with van der Waals surface area (Å²) in [6, 6.07) is 10.6. The summed E-state index contributed by atoms with van der Waals surface area (Å²) in [6.07, 6.45) is 3.43. The van der Waals surface area contributed by atoms with Crippen molar-refractivity contribution >= 4 is 11.6 Å². The van der Waals surface area contributed by atoms with Gasteiger partial charge in [-0.2, -0.15) is 0 Å². The molecule has 1 aromatic carbocycles. The van der Waals surface area contributed by atoms with Crippen LogP contribution in [0.1, 0.15) is 41.4 Å². The zero-order valence-electron chi connectivity index (χ0n) is 11.2. The Morgan fingerprint density at radius 3 is 3.00 bits per heavy atom. The van der Waals surface area contributed by atoms with E-state index in [-0.39, 0.29) is 6.04 Å². The van der Waals surface area contributed by atoms with E-state index in [0.717, 1.165) is 24.4 Å². The number of aromatic nitrogens is 1. The lowest BCUT2D eigenvalue weighted by molar-refractivity contribution is 0.546. The van der Waals surface area contributed by atoms with E-state index >= 15 is 0 Å². The topological polar surface area (TPSA) is 30.9 Å². The number of rotatable bonds is 2. The van der Waals surface area contributed by atoms with Gasteiger partial charge in [0.2, 0.25) is 0 Å². The molecule has 1 aromatic heterocycles. The van der Waals surface area contributed by atoms with Crippen LogP contribution < -0.4 is 5.73 Å². The largest absolute Gasteiger partial charge is 0.344 e. The first-order chi connectivity index (χ1) is 9.15. The summed E-state index contributed by atoms with van der Waals surface area (Å²) < 4.78 is 2.39. The summed E-state index contributed by atoms with van der Waals surface area (Å²) in [7, 11) is 0. The van der Waals surface area contributed by atoms with Crippen LogP contribution in [-0.2, 0) is 13.0 Å². The van der Waals surface area contributed by atoms with Crippen molar-refractivity contribution in [3.8, 4) is 0 Å². The van der Waals surface area contributed by atoms with E-state index in [0.29, 0.717) is 0 Å². The van der Waals surface area contributed by atoms with Crippen LogP contribution in [0.4, 0.5) is 0 Å². The zero-order valence-corrected chi connectivity index (χ0v) is 12.0. The highest BCUT2D eigenvalue weighted by Gasteiger charge is 2.21. The molecular weight excluding hydrogens is 256 g/mol. The van der Waals surface area contributed by atoms with Gasteiger partial charge in [-0.1, -0.05) is 23.7 Å². The maximum atomic E-state index is 6.21. The van der Waals surface area contributed by atoms with Gasteiger partial charge in [0.1, 0.15) is 0 Å². The second-order valence-electron chi connectivity index (χ2n) is 5.40. The fourth-order valence-corrected chi connectivity index (χ4v) is 3.25. The fourth-order valence-electron chi connectivity index (χ4n) is 3.04. The first-order valence-electron chi connectivity index (χ1n) is 6.84. The first kappa shape index (κ1) is 12.8. The number of benzene rings is 1. The summed E-state index contributed by atoms with van der Waals surface area (Å²) >= 11 is 6.06. The monoisotopic (exact) mass is 274 g/mol. The maximum absolute atomic E-state index is 6.21. The van der Waals surface area contributed by atoms with Crippen LogP contribution >= 0.6 is 11.6 Å². The normalized spacial score (nSPS) is 18.4. The number of aryl methyl sites for hydroxylation is 1. The van der Waals surface area contributed by atoms with Crippen molar-refractivity contribution in [1.29, 1.82) is 0 Å². The van der Waals surface area contributed by atoms with E-state index in [4.69, 9.17) is 17.3 Å². The van der Waals surface area contributed by atoms with Gasteiger partial charge in [-0.3, -0.25) is 0 Å². The lowest BCUT2D eigenvalue weighted by Gasteiger charge is -2.21. The first-order valence-corrected chi connectivity index (χ1v) is 7.22. The van der Waals surface area contributed by atoms with E-state index < -0.39 is 0 Å². The van der Waals surface area contributed by atoms with Gasteiger partial charge in [0.15, 0.2) is 0 Å². The van der Waals surface area contributed by atoms with Crippen LogP contribution in [0.15, 0.2) is 30.3 Å². The highest BCUT2D eigenvalue weighted by Crippen LogP contribution is 2.31. The Balaban J connectivity index is 1.97. The Labute approximate surface area is 119 Å². The highest BCUT2D eigenvalue weighted by atomic mass is 35.5. The van der Waals surface area contributed by atoms with Crippen LogP contribution in [0.2, 0.25) is 5.02 Å². The van der Waals surface area contributed by atoms with Crippen molar-refractivity contribution in [2.45, 2.75) is 38.8 Å².